The zero-order chi connectivity index (χ0) is 17.8. The maximum absolute atomic E-state index is 12.3. The summed E-state index contributed by atoms with van der Waals surface area (Å²) in [7, 11) is 0. The molecule has 7 nitrogen and oxygen atoms in total. The number of carboxylic acid groups (broad SMARTS) is 1. The van der Waals surface area contributed by atoms with Gasteiger partial charge in [0.15, 0.2) is 5.69 Å². The Balaban J connectivity index is 1.53. The highest BCUT2D eigenvalue weighted by atomic mass is 16.4. The molecule has 1 fully saturated rings. The maximum Gasteiger partial charge on any atom is 0.317 e. The van der Waals surface area contributed by atoms with Gasteiger partial charge in [0.25, 0.3) is 5.91 Å². The van der Waals surface area contributed by atoms with Crippen LogP contribution in [0.25, 0.3) is 5.69 Å². The lowest BCUT2D eigenvalue weighted by Gasteiger charge is -2.42. The van der Waals surface area contributed by atoms with Crippen LogP contribution in [0.15, 0.2) is 42.6 Å². The molecule has 1 aromatic heterocycles. The minimum absolute atomic E-state index is 0.0450. The fourth-order valence-corrected chi connectivity index (χ4v) is 3.11. The van der Waals surface area contributed by atoms with Gasteiger partial charge in [0.05, 0.1) is 12.2 Å². The van der Waals surface area contributed by atoms with Crippen LogP contribution in [0.2, 0.25) is 0 Å². The van der Waals surface area contributed by atoms with Crippen molar-refractivity contribution in [3.05, 3.63) is 48.3 Å². The standard InChI is InChI=1S/C18H22N4O3/c1-2-21(12-17(23)24)15-10-13(11-15)19-18(25)16-8-9-22(20-16)14-6-4-3-5-7-14/h3-9,13,15H,2,10-12H2,1H3,(H,19,25)(H,23,24). The lowest BCUT2D eigenvalue weighted by molar-refractivity contribution is -0.139. The van der Waals surface area contributed by atoms with E-state index in [9.17, 15) is 9.59 Å². The van der Waals surface area contributed by atoms with Crippen LogP contribution in [0.1, 0.15) is 30.3 Å². The van der Waals surface area contributed by atoms with Crippen molar-refractivity contribution in [2.24, 2.45) is 0 Å². The van der Waals surface area contributed by atoms with Crippen molar-refractivity contribution in [3.8, 4) is 5.69 Å². The zero-order valence-corrected chi connectivity index (χ0v) is 14.1. The second kappa shape index (κ2) is 7.48. The van der Waals surface area contributed by atoms with E-state index in [4.69, 9.17) is 5.11 Å². The van der Waals surface area contributed by atoms with Crippen LogP contribution in [0.5, 0.6) is 0 Å². The fourth-order valence-electron chi connectivity index (χ4n) is 3.11. The molecule has 3 rings (SSSR count). The molecule has 1 heterocycles. The smallest absolute Gasteiger partial charge is 0.317 e. The van der Waals surface area contributed by atoms with Crippen LogP contribution in [0.3, 0.4) is 0 Å². The Hall–Kier alpha value is -2.67. The summed E-state index contributed by atoms with van der Waals surface area (Å²) in [4.78, 5) is 25.1. The molecule has 0 radical (unpaired) electrons. The highest BCUT2D eigenvalue weighted by molar-refractivity contribution is 5.92. The first-order valence-corrected chi connectivity index (χ1v) is 8.44. The van der Waals surface area contributed by atoms with E-state index in [0.717, 1.165) is 18.5 Å². The molecular weight excluding hydrogens is 320 g/mol. The number of carbonyl (C=O) groups is 2. The van der Waals surface area contributed by atoms with Gasteiger partial charge in [-0.3, -0.25) is 14.5 Å². The second-order valence-electron chi connectivity index (χ2n) is 6.23. The summed E-state index contributed by atoms with van der Waals surface area (Å²) < 4.78 is 1.67. The lowest BCUT2D eigenvalue weighted by Crippen LogP contribution is -2.54. The number of para-hydroxylation sites is 1. The van der Waals surface area contributed by atoms with Gasteiger partial charge in [-0.15, -0.1) is 0 Å². The van der Waals surface area contributed by atoms with Gasteiger partial charge in [-0.1, -0.05) is 25.1 Å². The predicted octanol–water partition coefficient (Wildman–Crippen LogP) is 1.54. The Morgan fingerprint density at radius 3 is 2.64 bits per heavy atom. The number of carbonyl (C=O) groups excluding carboxylic acids is 1. The summed E-state index contributed by atoms with van der Waals surface area (Å²) in [6, 6.07) is 11.6. The number of nitrogens with one attached hydrogen (secondary N) is 1. The van der Waals surface area contributed by atoms with E-state index in [1.165, 1.54) is 0 Å². The van der Waals surface area contributed by atoms with E-state index >= 15 is 0 Å². The minimum atomic E-state index is -0.819. The zero-order valence-electron chi connectivity index (χ0n) is 14.1. The van der Waals surface area contributed by atoms with E-state index in [1.807, 2.05) is 42.2 Å². The third-order valence-electron chi connectivity index (χ3n) is 4.55. The molecule has 132 valence electrons. The van der Waals surface area contributed by atoms with Crippen molar-refractivity contribution in [1.29, 1.82) is 0 Å². The van der Waals surface area contributed by atoms with Gasteiger partial charge in [-0.2, -0.15) is 5.10 Å². The molecule has 1 aromatic carbocycles. The topological polar surface area (TPSA) is 87.5 Å². The number of amides is 1. The number of likely N-dealkylation sites (N-methyl/N-ethyl adjacent to an activating group) is 1. The molecule has 2 N–H and O–H groups in total. The summed E-state index contributed by atoms with van der Waals surface area (Å²) in [5.41, 5.74) is 1.28. The Morgan fingerprint density at radius 1 is 1.28 bits per heavy atom. The first-order valence-electron chi connectivity index (χ1n) is 8.44. The minimum Gasteiger partial charge on any atom is -0.480 e. The van der Waals surface area contributed by atoms with Crippen LogP contribution < -0.4 is 5.32 Å². The number of hydrogen-bond acceptors (Lipinski definition) is 4. The number of aromatic nitrogens is 2. The average molecular weight is 342 g/mol. The SMILES string of the molecule is CCN(CC(=O)O)C1CC(NC(=O)c2ccn(-c3ccccc3)n2)C1. The molecule has 1 aliphatic rings. The highest BCUT2D eigenvalue weighted by Crippen LogP contribution is 2.25. The molecule has 25 heavy (non-hydrogen) atoms. The predicted molar refractivity (Wildman–Crippen MR) is 92.7 cm³/mol. The van der Waals surface area contributed by atoms with Crippen molar-refractivity contribution in [2.75, 3.05) is 13.1 Å². The Labute approximate surface area is 146 Å². The lowest BCUT2D eigenvalue weighted by atomic mass is 9.85. The third kappa shape index (κ3) is 4.06. The average Bonchev–Trinajstić information content (AvgIpc) is 3.06. The Bertz CT molecular complexity index is 738. The molecule has 0 aliphatic heterocycles. The summed E-state index contributed by atoms with van der Waals surface area (Å²) >= 11 is 0. The van der Waals surface area contributed by atoms with E-state index in [1.54, 1.807) is 16.9 Å². The van der Waals surface area contributed by atoms with Crippen molar-refractivity contribution >= 4 is 11.9 Å². The Kier molecular flexibility index (Phi) is 5.14. The van der Waals surface area contributed by atoms with E-state index in [-0.39, 0.29) is 24.5 Å². The molecule has 1 amide bonds. The van der Waals surface area contributed by atoms with Crippen LogP contribution in [0, 0.1) is 0 Å². The van der Waals surface area contributed by atoms with Crippen LogP contribution in [0.4, 0.5) is 0 Å². The number of aliphatic carboxylic acids is 1. The highest BCUT2D eigenvalue weighted by Gasteiger charge is 2.35. The monoisotopic (exact) mass is 342 g/mol. The van der Waals surface area contributed by atoms with Gasteiger partial charge < -0.3 is 10.4 Å². The quantitative estimate of drug-likeness (QED) is 0.797. The Morgan fingerprint density at radius 2 is 2.00 bits per heavy atom. The summed E-state index contributed by atoms with van der Waals surface area (Å²) in [5, 5.41) is 16.2. The summed E-state index contributed by atoms with van der Waals surface area (Å²) in [6.07, 6.45) is 3.30. The van der Waals surface area contributed by atoms with Crippen LogP contribution >= 0.6 is 0 Å². The molecule has 0 saturated heterocycles. The first kappa shape index (κ1) is 17.2. The van der Waals surface area contributed by atoms with Crippen molar-refractivity contribution < 1.29 is 14.7 Å². The molecule has 0 unspecified atom stereocenters. The summed E-state index contributed by atoms with van der Waals surface area (Å²) in [5.74, 6) is -1.01. The van der Waals surface area contributed by atoms with Crippen molar-refractivity contribution in [1.82, 2.24) is 20.0 Å². The normalized spacial score (nSPS) is 19.4. The number of nitrogens with zero attached hydrogens (tertiary/aromatic N) is 3. The number of benzene rings is 1. The van der Waals surface area contributed by atoms with Crippen molar-refractivity contribution in [3.63, 3.8) is 0 Å². The maximum atomic E-state index is 12.3. The van der Waals surface area contributed by atoms with Gasteiger partial charge in [-0.05, 0) is 37.6 Å². The molecule has 2 aromatic rings. The number of hydrogen-bond donors (Lipinski definition) is 2. The van der Waals surface area contributed by atoms with Gasteiger partial charge in [-0.25, -0.2) is 4.68 Å². The molecular formula is C18H22N4O3. The number of carboxylic acids is 1. The van der Waals surface area contributed by atoms with E-state index < -0.39 is 5.97 Å². The van der Waals surface area contributed by atoms with Gasteiger partial charge in [0.2, 0.25) is 0 Å². The number of rotatable bonds is 7. The molecule has 0 bridgehead atoms. The first-order chi connectivity index (χ1) is 12.1. The molecule has 0 atom stereocenters. The molecule has 1 saturated carbocycles. The molecule has 7 heteroatoms. The van der Waals surface area contributed by atoms with Gasteiger partial charge in [0.1, 0.15) is 0 Å². The molecule has 1 aliphatic carbocycles. The van der Waals surface area contributed by atoms with Crippen LogP contribution in [-0.2, 0) is 4.79 Å². The van der Waals surface area contributed by atoms with E-state index in [0.29, 0.717) is 12.2 Å². The molecule has 0 spiro atoms. The fraction of sp³-hybridized carbons (Fsp3) is 0.389. The summed E-state index contributed by atoms with van der Waals surface area (Å²) in [6.45, 7) is 2.69. The second-order valence-corrected chi connectivity index (χ2v) is 6.23. The van der Waals surface area contributed by atoms with E-state index in [2.05, 4.69) is 10.4 Å². The van der Waals surface area contributed by atoms with Gasteiger partial charge >= 0.3 is 5.97 Å². The van der Waals surface area contributed by atoms with Crippen LogP contribution in [-0.4, -0.2) is 56.8 Å². The third-order valence-corrected chi connectivity index (χ3v) is 4.55. The van der Waals surface area contributed by atoms with Crippen molar-refractivity contribution in [2.45, 2.75) is 31.8 Å². The van der Waals surface area contributed by atoms with Gasteiger partial charge in [0, 0.05) is 18.3 Å². The largest absolute Gasteiger partial charge is 0.480 e.